The number of benzene rings is 1. The van der Waals surface area contributed by atoms with Gasteiger partial charge in [-0.15, -0.1) is 0 Å². The van der Waals surface area contributed by atoms with Crippen LogP contribution in [0.5, 0.6) is 5.75 Å². The lowest BCUT2D eigenvalue weighted by Gasteiger charge is -2.01. The number of aromatic carboxylic acids is 1. The molecule has 15 heavy (non-hydrogen) atoms. The van der Waals surface area contributed by atoms with E-state index in [2.05, 4.69) is 4.98 Å². The molecule has 0 amide bonds. The molecule has 0 aliphatic carbocycles. The standard InChI is InChI=1S/C10H6FNO3/c11-7-1-6-4-12-8(10(14)15)2-5(6)3-9(7)13/h1-4,13H,(H,14,15). The quantitative estimate of drug-likeness (QED) is 0.747. The van der Waals surface area contributed by atoms with Gasteiger partial charge in [0.2, 0.25) is 0 Å². The Labute approximate surface area is 83.6 Å². The van der Waals surface area contributed by atoms with Crippen LogP contribution in [0.4, 0.5) is 4.39 Å². The zero-order chi connectivity index (χ0) is 11.0. The third-order valence-corrected chi connectivity index (χ3v) is 2.01. The molecule has 4 nitrogen and oxygen atoms in total. The van der Waals surface area contributed by atoms with Gasteiger partial charge in [-0.2, -0.15) is 0 Å². The first-order chi connectivity index (χ1) is 7.08. The Bertz CT molecular complexity index is 554. The summed E-state index contributed by atoms with van der Waals surface area (Å²) in [6, 6.07) is 3.54. The van der Waals surface area contributed by atoms with Crippen LogP contribution in [0.1, 0.15) is 10.5 Å². The van der Waals surface area contributed by atoms with Gasteiger partial charge in [-0.3, -0.25) is 0 Å². The van der Waals surface area contributed by atoms with Crippen molar-refractivity contribution >= 4 is 16.7 Å². The van der Waals surface area contributed by atoms with Crippen molar-refractivity contribution < 1.29 is 19.4 Å². The maximum atomic E-state index is 12.9. The molecule has 0 saturated heterocycles. The molecule has 1 aromatic carbocycles. The molecular formula is C10H6FNO3. The average molecular weight is 207 g/mol. The zero-order valence-corrected chi connectivity index (χ0v) is 7.44. The predicted octanol–water partition coefficient (Wildman–Crippen LogP) is 1.78. The van der Waals surface area contributed by atoms with E-state index in [1.54, 1.807) is 0 Å². The van der Waals surface area contributed by atoms with Crippen LogP contribution in [-0.2, 0) is 0 Å². The number of aromatic hydroxyl groups is 1. The minimum Gasteiger partial charge on any atom is -0.505 e. The fourth-order valence-corrected chi connectivity index (χ4v) is 1.27. The Morgan fingerprint density at radius 2 is 2.00 bits per heavy atom. The van der Waals surface area contributed by atoms with Crippen molar-refractivity contribution in [2.45, 2.75) is 0 Å². The molecule has 1 aromatic heterocycles. The van der Waals surface area contributed by atoms with Crippen LogP contribution in [0.25, 0.3) is 10.8 Å². The van der Waals surface area contributed by atoms with Gasteiger partial charge in [-0.05, 0) is 23.6 Å². The molecule has 2 N–H and O–H groups in total. The van der Waals surface area contributed by atoms with Crippen molar-refractivity contribution in [3.05, 3.63) is 35.9 Å². The van der Waals surface area contributed by atoms with Gasteiger partial charge in [0.1, 0.15) is 5.69 Å². The molecule has 0 bridgehead atoms. The van der Waals surface area contributed by atoms with Crippen LogP contribution < -0.4 is 0 Å². The summed E-state index contributed by atoms with van der Waals surface area (Å²) in [6.07, 6.45) is 1.25. The lowest BCUT2D eigenvalue weighted by molar-refractivity contribution is 0.0690. The van der Waals surface area contributed by atoms with Gasteiger partial charge in [-0.25, -0.2) is 14.2 Å². The highest BCUT2D eigenvalue weighted by molar-refractivity contribution is 5.92. The number of aromatic nitrogens is 1. The van der Waals surface area contributed by atoms with Crippen molar-refractivity contribution in [1.29, 1.82) is 0 Å². The van der Waals surface area contributed by atoms with E-state index in [-0.39, 0.29) is 5.69 Å². The molecule has 0 aliphatic heterocycles. The molecule has 0 unspecified atom stereocenters. The summed E-state index contributed by atoms with van der Waals surface area (Å²) >= 11 is 0. The largest absolute Gasteiger partial charge is 0.505 e. The number of fused-ring (bicyclic) bond motifs is 1. The molecule has 0 aliphatic rings. The van der Waals surface area contributed by atoms with Gasteiger partial charge in [0.15, 0.2) is 11.6 Å². The third-order valence-electron chi connectivity index (χ3n) is 2.01. The van der Waals surface area contributed by atoms with Gasteiger partial charge in [0.25, 0.3) is 0 Å². The van der Waals surface area contributed by atoms with E-state index in [9.17, 15) is 9.18 Å². The highest BCUT2D eigenvalue weighted by Crippen LogP contribution is 2.23. The minimum atomic E-state index is -1.17. The number of phenolic OH excluding ortho intramolecular Hbond substituents is 1. The maximum absolute atomic E-state index is 12.9. The van der Waals surface area contributed by atoms with Crippen LogP contribution in [0, 0.1) is 5.82 Å². The van der Waals surface area contributed by atoms with Crippen molar-refractivity contribution in [1.82, 2.24) is 4.98 Å². The SMILES string of the molecule is O=C(O)c1cc2cc(O)c(F)cc2cn1. The molecule has 0 fully saturated rings. The summed E-state index contributed by atoms with van der Waals surface area (Å²) in [5.74, 6) is -2.43. The van der Waals surface area contributed by atoms with Gasteiger partial charge < -0.3 is 10.2 Å². The van der Waals surface area contributed by atoms with Crippen LogP contribution >= 0.6 is 0 Å². The first-order valence-corrected chi connectivity index (χ1v) is 4.09. The fourth-order valence-electron chi connectivity index (χ4n) is 1.27. The first-order valence-electron chi connectivity index (χ1n) is 4.09. The zero-order valence-electron chi connectivity index (χ0n) is 7.44. The summed E-state index contributed by atoms with van der Waals surface area (Å²) in [5, 5.41) is 18.6. The van der Waals surface area contributed by atoms with E-state index >= 15 is 0 Å². The summed E-state index contributed by atoms with van der Waals surface area (Å²) < 4.78 is 12.9. The number of phenols is 1. The van der Waals surface area contributed by atoms with Crippen LogP contribution in [-0.4, -0.2) is 21.2 Å². The number of pyridine rings is 1. The van der Waals surface area contributed by atoms with Crippen molar-refractivity contribution in [3.63, 3.8) is 0 Å². The Morgan fingerprint density at radius 3 is 2.67 bits per heavy atom. The number of hydrogen-bond acceptors (Lipinski definition) is 3. The summed E-state index contributed by atoms with van der Waals surface area (Å²) in [5.41, 5.74) is -0.145. The van der Waals surface area contributed by atoms with Crippen LogP contribution in [0.3, 0.4) is 0 Å². The van der Waals surface area contributed by atoms with Crippen molar-refractivity contribution in [2.75, 3.05) is 0 Å². The monoisotopic (exact) mass is 207 g/mol. The van der Waals surface area contributed by atoms with E-state index in [0.29, 0.717) is 10.8 Å². The predicted molar refractivity (Wildman–Crippen MR) is 50.3 cm³/mol. The first kappa shape index (κ1) is 9.39. The van der Waals surface area contributed by atoms with Crippen LogP contribution in [0.2, 0.25) is 0 Å². The lowest BCUT2D eigenvalue weighted by atomic mass is 10.1. The minimum absolute atomic E-state index is 0.145. The van der Waals surface area contributed by atoms with Gasteiger partial charge in [0, 0.05) is 11.6 Å². The molecule has 0 radical (unpaired) electrons. The Morgan fingerprint density at radius 1 is 1.27 bits per heavy atom. The number of nitrogens with zero attached hydrogens (tertiary/aromatic N) is 1. The van der Waals surface area contributed by atoms with Gasteiger partial charge in [0.05, 0.1) is 0 Å². The molecular weight excluding hydrogens is 201 g/mol. The molecule has 0 saturated carbocycles. The van der Waals surface area contributed by atoms with Crippen molar-refractivity contribution in [3.8, 4) is 5.75 Å². The third kappa shape index (κ3) is 1.59. The average Bonchev–Trinajstić information content (AvgIpc) is 2.19. The topological polar surface area (TPSA) is 70.4 Å². The fraction of sp³-hybridized carbons (Fsp3) is 0. The molecule has 0 spiro atoms. The number of carboxylic acid groups (broad SMARTS) is 1. The number of rotatable bonds is 1. The number of carbonyl (C=O) groups is 1. The van der Waals surface area contributed by atoms with Crippen LogP contribution in [0.15, 0.2) is 24.4 Å². The molecule has 5 heteroatoms. The Kier molecular flexibility index (Phi) is 2.00. The van der Waals surface area contributed by atoms with Crippen molar-refractivity contribution in [2.24, 2.45) is 0 Å². The molecule has 1 heterocycles. The number of hydrogen-bond donors (Lipinski definition) is 2. The van der Waals surface area contributed by atoms with E-state index in [0.717, 1.165) is 6.07 Å². The summed E-state index contributed by atoms with van der Waals surface area (Å²) in [6.45, 7) is 0. The smallest absolute Gasteiger partial charge is 0.354 e. The van der Waals surface area contributed by atoms with E-state index in [4.69, 9.17) is 10.2 Å². The lowest BCUT2D eigenvalue weighted by Crippen LogP contribution is -1.99. The normalized spacial score (nSPS) is 10.5. The second kappa shape index (κ2) is 3.20. The van der Waals surface area contributed by atoms with E-state index in [1.807, 2.05) is 0 Å². The molecule has 2 aromatic rings. The Hall–Kier alpha value is -2.17. The molecule has 0 atom stereocenters. The summed E-state index contributed by atoms with van der Waals surface area (Å²) in [7, 11) is 0. The molecule has 2 rings (SSSR count). The number of halogens is 1. The van der Waals surface area contributed by atoms with Gasteiger partial charge in [-0.1, -0.05) is 0 Å². The highest BCUT2D eigenvalue weighted by atomic mass is 19.1. The van der Waals surface area contributed by atoms with E-state index < -0.39 is 17.5 Å². The maximum Gasteiger partial charge on any atom is 0.354 e. The second-order valence-electron chi connectivity index (χ2n) is 3.03. The number of carboxylic acids is 1. The van der Waals surface area contributed by atoms with E-state index in [1.165, 1.54) is 18.3 Å². The second-order valence-corrected chi connectivity index (χ2v) is 3.03. The summed E-state index contributed by atoms with van der Waals surface area (Å²) in [4.78, 5) is 14.2. The Balaban J connectivity index is 2.72. The van der Waals surface area contributed by atoms with Gasteiger partial charge >= 0.3 is 5.97 Å². The highest BCUT2D eigenvalue weighted by Gasteiger charge is 2.08. The molecule has 76 valence electrons.